The monoisotopic (exact) mass is 238 g/mol. The second-order valence-corrected chi connectivity index (χ2v) is 3.27. The zero-order chi connectivity index (χ0) is 12.7. The summed E-state index contributed by atoms with van der Waals surface area (Å²) in [5, 5.41) is 11.6. The van der Waals surface area contributed by atoms with Gasteiger partial charge in [-0.3, -0.25) is 4.79 Å². The van der Waals surface area contributed by atoms with Crippen molar-refractivity contribution in [2.45, 2.75) is 6.61 Å². The topological polar surface area (TPSA) is 67.8 Å². The fraction of sp³-hybridized carbons (Fsp3) is 0.333. The van der Waals surface area contributed by atoms with Crippen LogP contribution in [0.15, 0.2) is 18.2 Å². The highest BCUT2D eigenvalue weighted by molar-refractivity contribution is 5.77. The molecule has 5 nitrogen and oxygen atoms in total. The number of benzene rings is 1. The highest BCUT2D eigenvalue weighted by Crippen LogP contribution is 2.24. The molecule has 1 radical (unpaired) electrons. The smallest absolute Gasteiger partial charge is 0.257 e. The maximum absolute atomic E-state index is 11.1. The van der Waals surface area contributed by atoms with Crippen LogP contribution in [0.25, 0.3) is 0 Å². The van der Waals surface area contributed by atoms with Crippen LogP contribution in [0.1, 0.15) is 5.56 Å². The molecule has 5 heteroatoms. The molecule has 17 heavy (non-hydrogen) atoms. The number of rotatable bonds is 6. The van der Waals surface area contributed by atoms with Crippen LogP contribution < -0.4 is 14.8 Å². The molecule has 1 aromatic carbocycles. The van der Waals surface area contributed by atoms with Crippen LogP contribution in [0, 0.1) is 6.92 Å². The van der Waals surface area contributed by atoms with Gasteiger partial charge in [-0.05, 0) is 19.1 Å². The van der Waals surface area contributed by atoms with Crippen molar-refractivity contribution in [3.63, 3.8) is 0 Å². The highest BCUT2D eigenvalue weighted by atomic mass is 16.5. The predicted molar refractivity (Wildman–Crippen MR) is 62.8 cm³/mol. The molecule has 2 N–H and O–H groups in total. The van der Waals surface area contributed by atoms with Gasteiger partial charge in [0, 0.05) is 18.2 Å². The molecule has 93 valence electrons. The first-order valence-electron chi connectivity index (χ1n) is 5.17. The van der Waals surface area contributed by atoms with Crippen molar-refractivity contribution in [3.8, 4) is 11.5 Å². The first kappa shape index (κ1) is 13.3. The molecule has 1 rings (SSSR count). The second-order valence-electron chi connectivity index (χ2n) is 3.27. The van der Waals surface area contributed by atoms with Crippen molar-refractivity contribution in [3.05, 3.63) is 30.7 Å². The normalized spacial score (nSPS) is 9.82. The summed E-state index contributed by atoms with van der Waals surface area (Å²) in [6.45, 7) is 3.65. The fourth-order valence-electron chi connectivity index (χ4n) is 1.28. The Morgan fingerprint density at radius 2 is 2.29 bits per heavy atom. The molecule has 0 spiro atoms. The van der Waals surface area contributed by atoms with E-state index in [0.29, 0.717) is 23.6 Å². The molecule has 0 saturated heterocycles. The Morgan fingerprint density at radius 1 is 1.53 bits per heavy atom. The molecule has 0 fully saturated rings. The SMILES string of the molecule is [CH2]CNC(=O)COc1ccc(CO)c(OC)c1. The second kappa shape index (κ2) is 6.75. The van der Waals surface area contributed by atoms with E-state index >= 15 is 0 Å². The number of methoxy groups -OCH3 is 1. The number of nitrogens with one attached hydrogen (secondary N) is 1. The Labute approximate surface area is 100 Å². The largest absolute Gasteiger partial charge is 0.496 e. The molecule has 0 atom stereocenters. The van der Waals surface area contributed by atoms with Gasteiger partial charge in [-0.1, -0.05) is 0 Å². The third-order valence-corrected chi connectivity index (χ3v) is 2.12. The number of carbonyl (C=O) groups is 1. The maximum atomic E-state index is 11.1. The maximum Gasteiger partial charge on any atom is 0.257 e. The van der Waals surface area contributed by atoms with Crippen LogP contribution in [-0.2, 0) is 11.4 Å². The number of carbonyl (C=O) groups excluding carboxylic acids is 1. The summed E-state index contributed by atoms with van der Waals surface area (Å²) in [4.78, 5) is 11.1. The number of hydrogen-bond acceptors (Lipinski definition) is 4. The molecule has 0 aliphatic heterocycles. The predicted octanol–water partition coefficient (Wildman–Crippen LogP) is 0.517. The Morgan fingerprint density at radius 3 is 2.88 bits per heavy atom. The van der Waals surface area contributed by atoms with Gasteiger partial charge in [-0.15, -0.1) is 0 Å². The summed E-state index contributed by atoms with van der Waals surface area (Å²) in [7, 11) is 1.51. The molecule has 0 unspecified atom stereocenters. The average molecular weight is 238 g/mol. The molecule has 0 saturated carbocycles. The van der Waals surface area contributed by atoms with Crippen molar-refractivity contribution in [2.75, 3.05) is 20.3 Å². The van der Waals surface area contributed by atoms with Crippen LogP contribution in [0.5, 0.6) is 11.5 Å². The van der Waals surface area contributed by atoms with Crippen molar-refractivity contribution in [1.82, 2.24) is 5.32 Å². The van der Waals surface area contributed by atoms with Gasteiger partial charge in [0.15, 0.2) is 6.61 Å². The van der Waals surface area contributed by atoms with Crippen molar-refractivity contribution >= 4 is 5.91 Å². The van der Waals surface area contributed by atoms with Gasteiger partial charge >= 0.3 is 0 Å². The summed E-state index contributed by atoms with van der Waals surface area (Å²) in [5.74, 6) is 0.811. The summed E-state index contributed by atoms with van der Waals surface area (Å²) in [5.41, 5.74) is 0.669. The van der Waals surface area contributed by atoms with Gasteiger partial charge in [0.2, 0.25) is 0 Å². The molecular weight excluding hydrogens is 222 g/mol. The molecule has 0 aromatic heterocycles. The Kier molecular flexibility index (Phi) is 5.29. The lowest BCUT2D eigenvalue weighted by molar-refractivity contribution is -0.122. The van der Waals surface area contributed by atoms with E-state index in [9.17, 15) is 4.79 Å². The number of hydrogen-bond donors (Lipinski definition) is 2. The minimum Gasteiger partial charge on any atom is -0.496 e. The average Bonchev–Trinajstić information content (AvgIpc) is 2.36. The van der Waals surface area contributed by atoms with Crippen LogP contribution >= 0.6 is 0 Å². The summed E-state index contributed by atoms with van der Waals surface area (Å²) in [6, 6.07) is 4.99. The zero-order valence-electron chi connectivity index (χ0n) is 9.73. The number of aliphatic hydroxyl groups is 1. The molecule has 0 heterocycles. The van der Waals surface area contributed by atoms with Crippen LogP contribution in [0.2, 0.25) is 0 Å². The van der Waals surface area contributed by atoms with Gasteiger partial charge in [-0.2, -0.15) is 0 Å². The molecule has 0 aliphatic carbocycles. The van der Waals surface area contributed by atoms with E-state index in [4.69, 9.17) is 14.6 Å². The summed E-state index contributed by atoms with van der Waals surface area (Å²) in [6.07, 6.45) is 0. The lowest BCUT2D eigenvalue weighted by Crippen LogP contribution is -2.28. The lowest BCUT2D eigenvalue weighted by Gasteiger charge is -2.10. The first-order chi connectivity index (χ1) is 8.21. The van der Waals surface area contributed by atoms with Gasteiger partial charge in [0.25, 0.3) is 5.91 Å². The van der Waals surface area contributed by atoms with E-state index < -0.39 is 0 Å². The standard InChI is InChI=1S/C12H16NO4/c1-3-13-12(15)8-17-10-5-4-9(7-14)11(6-10)16-2/h4-6,14H,1,3,7-8H2,2H3,(H,13,15). The van der Waals surface area contributed by atoms with E-state index in [-0.39, 0.29) is 19.1 Å². The minimum absolute atomic E-state index is 0.0723. The highest BCUT2D eigenvalue weighted by Gasteiger charge is 2.06. The van der Waals surface area contributed by atoms with E-state index in [0.717, 1.165) is 0 Å². The Hall–Kier alpha value is -1.75. The summed E-state index contributed by atoms with van der Waals surface area (Å²) >= 11 is 0. The van der Waals surface area contributed by atoms with Crippen molar-refractivity contribution < 1.29 is 19.4 Å². The quantitative estimate of drug-likeness (QED) is 0.758. The molecule has 0 aliphatic rings. The third kappa shape index (κ3) is 3.96. The van der Waals surface area contributed by atoms with Crippen molar-refractivity contribution in [1.29, 1.82) is 0 Å². The van der Waals surface area contributed by atoms with Crippen LogP contribution in [-0.4, -0.2) is 31.3 Å². The number of amides is 1. The summed E-state index contributed by atoms with van der Waals surface area (Å²) < 4.78 is 10.3. The molecular formula is C12H16NO4. The van der Waals surface area contributed by atoms with Gasteiger partial charge in [-0.25, -0.2) is 0 Å². The molecule has 1 amide bonds. The van der Waals surface area contributed by atoms with E-state index in [1.54, 1.807) is 18.2 Å². The van der Waals surface area contributed by atoms with Crippen LogP contribution in [0.3, 0.4) is 0 Å². The van der Waals surface area contributed by atoms with Crippen molar-refractivity contribution in [2.24, 2.45) is 0 Å². The van der Waals surface area contributed by atoms with E-state index in [1.165, 1.54) is 7.11 Å². The number of ether oxygens (including phenoxy) is 2. The fourth-order valence-corrected chi connectivity index (χ4v) is 1.28. The van der Waals surface area contributed by atoms with E-state index in [2.05, 4.69) is 12.2 Å². The van der Waals surface area contributed by atoms with Crippen LogP contribution in [0.4, 0.5) is 0 Å². The first-order valence-corrected chi connectivity index (χ1v) is 5.17. The minimum atomic E-state index is -0.231. The molecule has 0 bridgehead atoms. The zero-order valence-corrected chi connectivity index (χ0v) is 9.73. The Balaban J connectivity index is 2.63. The lowest BCUT2D eigenvalue weighted by atomic mass is 10.2. The Bertz CT molecular complexity index is 379. The number of aliphatic hydroxyl groups excluding tert-OH is 1. The van der Waals surface area contributed by atoms with Gasteiger partial charge < -0.3 is 19.9 Å². The third-order valence-electron chi connectivity index (χ3n) is 2.12. The van der Waals surface area contributed by atoms with Gasteiger partial charge in [0.1, 0.15) is 11.5 Å². The van der Waals surface area contributed by atoms with E-state index in [1.807, 2.05) is 0 Å². The van der Waals surface area contributed by atoms with Gasteiger partial charge in [0.05, 0.1) is 13.7 Å². The molecule has 1 aromatic rings.